The minimum Gasteiger partial charge on any atom is -0.492 e. The average molecular weight is 394 g/mol. The van der Waals surface area contributed by atoms with Gasteiger partial charge in [-0.3, -0.25) is 4.79 Å². The van der Waals surface area contributed by atoms with E-state index in [9.17, 15) is 4.79 Å². The van der Waals surface area contributed by atoms with Gasteiger partial charge in [-0.05, 0) is 75.2 Å². The molecule has 6 heteroatoms. The summed E-state index contributed by atoms with van der Waals surface area (Å²) in [4.78, 5) is 13.1. The maximum absolute atomic E-state index is 13.1. The van der Waals surface area contributed by atoms with Crippen molar-refractivity contribution in [2.24, 2.45) is 0 Å². The first kappa shape index (κ1) is 18.5. The van der Waals surface area contributed by atoms with Crippen LogP contribution in [0.25, 0.3) is 21.9 Å². The highest BCUT2D eigenvalue weighted by atomic mass is 16.5. The Morgan fingerprint density at radius 1 is 0.828 bits per heavy atom. The zero-order valence-electron chi connectivity index (χ0n) is 16.4. The van der Waals surface area contributed by atoms with Crippen molar-refractivity contribution >= 4 is 21.9 Å². The van der Waals surface area contributed by atoms with Crippen LogP contribution in [0.15, 0.2) is 45.6 Å². The number of rotatable bonds is 6. The van der Waals surface area contributed by atoms with Gasteiger partial charge in [0.25, 0.3) is 0 Å². The van der Waals surface area contributed by atoms with Crippen molar-refractivity contribution in [2.75, 3.05) is 26.3 Å². The fourth-order valence-corrected chi connectivity index (χ4v) is 4.19. The van der Waals surface area contributed by atoms with Crippen molar-refractivity contribution in [2.45, 2.75) is 37.8 Å². The van der Waals surface area contributed by atoms with Crippen molar-refractivity contribution < 1.29 is 13.9 Å². The molecule has 2 saturated heterocycles. The summed E-state index contributed by atoms with van der Waals surface area (Å²) in [6, 6.07) is 11.7. The largest absolute Gasteiger partial charge is 0.492 e. The molecule has 0 amide bonds. The van der Waals surface area contributed by atoms with Crippen molar-refractivity contribution in [1.29, 1.82) is 0 Å². The highest BCUT2D eigenvalue weighted by molar-refractivity contribution is 5.90. The van der Waals surface area contributed by atoms with Gasteiger partial charge >= 0.3 is 0 Å². The summed E-state index contributed by atoms with van der Waals surface area (Å²) in [6.07, 6.45) is 4.62. The van der Waals surface area contributed by atoms with E-state index in [0.29, 0.717) is 58.7 Å². The Labute approximate surface area is 169 Å². The summed E-state index contributed by atoms with van der Waals surface area (Å²) in [6.45, 7) is 3.31. The highest BCUT2D eigenvalue weighted by Crippen LogP contribution is 2.26. The Hall–Kier alpha value is -2.57. The molecule has 0 bridgehead atoms. The molecule has 2 aliphatic rings. The number of fused-ring (bicyclic) bond motifs is 2. The summed E-state index contributed by atoms with van der Waals surface area (Å²) in [5, 5.41) is 7.89. The normalized spacial score (nSPS) is 21.8. The Balaban J connectivity index is 1.40. The Morgan fingerprint density at radius 2 is 1.34 bits per heavy atom. The fraction of sp³-hybridized carbons (Fsp3) is 0.435. The first-order valence-electron chi connectivity index (χ1n) is 10.5. The van der Waals surface area contributed by atoms with Crippen LogP contribution in [0.5, 0.6) is 11.5 Å². The second-order valence-corrected chi connectivity index (χ2v) is 7.96. The molecule has 2 aromatic carbocycles. The van der Waals surface area contributed by atoms with Crippen LogP contribution >= 0.6 is 0 Å². The average Bonchev–Trinajstić information content (AvgIpc) is 3.45. The van der Waals surface area contributed by atoms with E-state index < -0.39 is 0 Å². The maximum Gasteiger partial charge on any atom is 0.200 e. The predicted molar refractivity (Wildman–Crippen MR) is 113 cm³/mol. The van der Waals surface area contributed by atoms with Crippen LogP contribution in [0.4, 0.5) is 0 Å². The van der Waals surface area contributed by atoms with Gasteiger partial charge in [0, 0.05) is 12.1 Å². The van der Waals surface area contributed by atoms with Crippen LogP contribution in [0.3, 0.4) is 0 Å². The SMILES string of the molecule is O=c1c2cc(OC[C@@H]3CCCN3)ccc2oc2ccc(OC[C@@H]3CCCN3)cc12. The summed E-state index contributed by atoms with van der Waals surface area (Å²) in [5.74, 6) is 1.38. The Morgan fingerprint density at radius 3 is 1.79 bits per heavy atom. The van der Waals surface area contributed by atoms with Gasteiger partial charge in [0.2, 0.25) is 5.43 Å². The van der Waals surface area contributed by atoms with Crippen molar-refractivity contribution in [3.8, 4) is 11.5 Å². The van der Waals surface area contributed by atoms with E-state index in [-0.39, 0.29) is 5.43 Å². The molecule has 1 aromatic heterocycles. The lowest BCUT2D eigenvalue weighted by atomic mass is 10.1. The summed E-state index contributed by atoms with van der Waals surface area (Å²) in [5.41, 5.74) is 1.07. The molecule has 2 fully saturated rings. The standard InChI is InChI=1S/C23H26N2O4/c26-23-19-11-17(27-13-15-3-1-9-24-15)5-7-21(19)29-22-8-6-18(12-20(22)23)28-14-16-4-2-10-25-16/h5-8,11-12,15-16,24-25H,1-4,9-10,13-14H2/t15-,16-/m0/s1. The van der Waals surface area contributed by atoms with E-state index in [1.165, 1.54) is 12.8 Å². The van der Waals surface area contributed by atoms with E-state index in [2.05, 4.69) is 10.6 Å². The topological polar surface area (TPSA) is 72.7 Å². The molecule has 3 heterocycles. The van der Waals surface area contributed by atoms with Crippen LogP contribution < -0.4 is 25.5 Å². The van der Waals surface area contributed by atoms with Gasteiger partial charge in [-0.25, -0.2) is 0 Å². The second kappa shape index (κ2) is 8.05. The van der Waals surface area contributed by atoms with Gasteiger partial charge in [-0.2, -0.15) is 0 Å². The lowest BCUT2D eigenvalue weighted by Gasteiger charge is -2.13. The third-order valence-corrected chi connectivity index (χ3v) is 5.84. The van der Waals surface area contributed by atoms with Gasteiger partial charge in [0.1, 0.15) is 35.9 Å². The third-order valence-electron chi connectivity index (χ3n) is 5.84. The van der Waals surface area contributed by atoms with E-state index in [1.54, 1.807) is 12.1 Å². The number of ether oxygens (including phenoxy) is 2. The van der Waals surface area contributed by atoms with Crippen molar-refractivity contribution in [3.05, 3.63) is 46.6 Å². The van der Waals surface area contributed by atoms with E-state index >= 15 is 0 Å². The first-order valence-corrected chi connectivity index (χ1v) is 10.5. The van der Waals surface area contributed by atoms with Gasteiger partial charge < -0.3 is 24.5 Å². The number of benzene rings is 2. The Bertz CT molecular complexity index is 985. The lowest BCUT2D eigenvalue weighted by Crippen LogP contribution is -2.28. The fourth-order valence-electron chi connectivity index (χ4n) is 4.19. The quantitative estimate of drug-likeness (QED) is 0.626. The number of nitrogens with one attached hydrogen (secondary N) is 2. The van der Waals surface area contributed by atoms with Crippen LogP contribution in [0.2, 0.25) is 0 Å². The number of hydrogen-bond donors (Lipinski definition) is 2. The van der Waals surface area contributed by atoms with Gasteiger partial charge in [-0.15, -0.1) is 0 Å². The monoisotopic (exact) mass is 394 g/mol. The van der Waals surface area contributed by atoms with Crippen LogP contribution in [0.1, 0.15) is 25.7 Å². The lowest BCUT2D eigenvalue weighted by molar-refractivity contribution is 0.277. The maximum atomic E-state index is 13.1. The zero-order chi connectivity index (χ0) is 19.6. The molecule has 0 spiro atoms. The molecule has 6 nitrogen and oxygen atoms in total. The van der Waals surface area contributed by atoms with E-state index in [0.717, 1.165) is 25.9 Å². The minimum absolute atomic E-state index is 0.0601. The minimum atomic E-state index is -0.0601. The second-order valence-electron chi connectivity index (χ2n) is 7.96. The molecule has 29 heavy (non-hydrogen) atoms. The molecule has 0 unspecified atom stereocenters. The van der Waals surface area contributed by atoms with Crippen molar-refractivity contribution in [3.63, 3.8) is 0 Å². The van der Waals surface area contributed by atoms with Gasteiger partial charge in [-0.1, -0.05) is 0 Å². The molecule has 0 radical (unpaired) electrons. The smallest absolute Gasteiger partial charge is 0.200 e. The molecular formula is C23H26N2O4. The predicted octanol–water partition coefficient (Wildman–Crippen LogP) is 3.21. The third kappa shape index (κ3) is 3.95. The highest BCUT2D eigenvalue weighted by Gasteiger charge is 2.16. The van der Waals surface area contributed by atoms with E-state index in [1.807, 2.05) is 24.3 Å². The summed E-state index contributed by atoms with van der Waals surface area (Å²) < 4.78 is 17.8. The van der Waals surface area contributed by atoms with Crippen LogP contribution in [0, 0.1) is 0 Å². The first-order chi connectivity index (χ1) is 14.3. The Kier molecular flexibility index (Phi) is 5.12. The van der Waals surface area contributed by atoms with Gasteiger partial charge in [0.05, 0.1) is 10.8 Å². The molecule has 2 N–H and O–H groups in total. The molecule has 0 saturated carbocycles. The molecule has 5 rings (SSSR count). The molecule has 2 atom stereocenters. The summed E-state index contributed by atoms with van der Waals surface area (Å²) >= 11 is 0. The zero-order valence-corrected chi connectivity index (χ0v) is 16.4. The molecule has 2 aliphatic heterocycles. The van der Waals surface area contributed by atoms with E-state index in [4.69, 9.17) is 13.9 Å². The van der Waals surface area contributed by atoms with Gasteiger partial charge in [0.15, 0.2) is 0 Å². The van der Waals surface area contributed by atoms with Crippen LogP contribution in [-0.2, 0) is 0 Å². The number of hydrogen-bond acceptors (Lipinski definition) is 6. The van der Waals surface area contributed by atoms with Crippen LogP contribution in [-0.4, -0.2) is 38.4 Å². The molecule has 152 valence electrons. The molecule has 3 aromatic rings. The summed E-state index contributed by atoms with van der Waals surface area (Å²) in [7, 11) is 0. The van der Waals surface area contributed by atoms with Crippen molar-refractivity contribution in [1.82, 2.24) is 10.6 Å². The molecular weight excluding hydrogens is 368 g/mol. The molecule has 0 aliphatic carbocycles.